The second-order valence-electron chi connectivity index (χ2n) is 8.95. The van der Waals surface area contributed by atoms with Gasteiger partial charge in [0.1, 0.15) is 0 Å². The highest BCUT2D eigenvalue weighted by atomic mass is 28.5. The van der Waals surface area contributed by atoms with Gasteiger partial charge in [0.05, 0.1) is 0 Å². The Morgan fingerprint density at radius 2 is 0.913 bits per heavy atom. The minimum atomic E-state index is -2.34. The molecular weight excluding hydrogens is 377 g/mol. The molecule has 5 nitrogen and oxygen atoms in total. The maximum Gasteiger partial charge on any atom is 0.314 e. The molecule has 10 heteroatoms. The van der Waals surface area contributed by atoms with E-state index in [0.717, 1.165) is 6.04 Å². The molecule has 0 unspecified atom stereocenters. The first-order valence-corrected chi connectivity index (χ1v) is 23.3. The predicted molar refractivity (Wildman–Crippen MR) is 110 cm³/mol. The first-order chi connectivity index (χ1) is 9.89. The number of hydrogen-bond acceptors (Lipinski definition) is 5. The summed E-state index contributed by atoms with van der Waals surface area (Å²) in [5.74, 6) is 0. The van der Waals surface area contributed by atoms with Gasteiger partial charge in [-0.15, -0.1) is 0 Å². The summed E-state index contributed by atoms with van der Waals surface area (Å²) in [7, 11) is -10.4. The van der Waals surface area contributed by atoms with Crippen molar-refractivity contribution in [2.45, 2.75) is 78.1 Å². The van der Waals surface area contributed by atoms with E-state index in [9.17, 15) is 5.11 Å². The van der Waals surface area contributed by atoms with Crippen LogP contribution >= 0.6 is 0 Å². The Morgan fingerprint density at radius 3 is 1.26 bits per heavy atom. The zero-order valence-electron chi connectivity index (χ0n) is 17.0. The molecule has 0 saturated carbocycles. The Bertz CT molecular complexity index is 379. The van der Waals surface area contributed by atoms with E-state index in [1.54, 1.807) is 0 Å². The summed E-state index contributed by atoms with van der Waals surface area (Å²) >= 11 is 0. The Hall–Kier alpha value is 0.884. The minimum absolute atomic E-state index is 0.172. The van der Waals surface area contributed by atoms with Crippen LogP contribution in [0.2, 0.25) is 78.1 Å². The van der Waals surface area contributed by atoms with Crippen molar-refractivity contribution in [3.8, 4) is 0 Å². The third kappa shape index (κ3) is 12.0. The average molecular weight is 415 g/mol. The lowest BCUT2D eigenvalue weighted by Gasteiger charge is -2.41. The Balaban J connectivity index is 4.89. The van der Waals surface area contributed by atoms with Crippen LogP contribution in [0.5, 0.6) is 0 Å². The molecule has 0 bridgehead atoms. The summed E-state index contributed by atoms with van der Waals surface area (Å²) in [5.41, 5.74) is 0. The summed E-state index contributed by atoms with van der Waals surface area (Å²) in [4.78, 5) is 0. The van der Waals surface area contributed by atoms with E-state index in [1.807, 2.05) is 0 Å². The van der Waals surface area contributed by atoms with E-state index < -0.39 is 42.3 Å². The molecule has 0 aromatic heterocycles. The topological polar surface area (TPSA) is 57.2 Å². The molecule has 0 atom stereocenters. The average Bonchev–Trinajstić information content (AvgIpc) is 2.03. The summed E-state index contributed by atoms with van der Waals surface area (Å²) in [6.45, 7) is 23.5. The first-order valence-electron chi connectivity index (χ1n) is 8.30. The molecule has 1 N–H and O–H groups in total. The van der Waals surface area contributed by atoms with E-state index in [1.165, 1.54) is 0 Å². The second-order valence-corrected chi connectivity index (χ2v) is 28.9. The van der Waals surface area contributed by atoms with E-state index in [-0.39, 0.29) is 6.61 Å². The fraction of sp³-hybridized carbons (Fsp3) is 1.00. The second kappa shape index (κ2) is 8.06. The molecule has 0 amide bonds. The third-order valence-corrected chi connectivity index (χ3v) is 20.7. The SMILES string of the molecule is C[Si](C)(C)O[Si](C)(C)O[Si](C)(C)O[Si](C)(C)O[Si](C)(C)CCO. The lowest BCUT2D eigenvalue weighted by atomic mass is 10.9. The van der Waals surface area contributed by atoms with Crippen molar-refractivity contribution >= 4 is 42.3 Å². The molecule has 0 aromatic carbocycles. The predicted octanol–water partition coefficient (Wildman–Crippen LogP) is 4.19. The van der Waals surface area contributed by atoms with Crippen molar-refractivity contribution in [3.63, 3.8) is 0 Å². The molecule has 0 aromatic rings. The molecule has 0 aliphatic heterocycles. The van der Waals surface area contributed by atoms with Crippen LogP contribution < -0.4 is 0 Å². The highest BCUT2D eigenvalue weighted by Crippen LogP contribution is 2.26. The van der Waals surface area contributed by atoms with E-state index >= 15 is 0 Å². The molecule has 0 radical (unpaired) electrons. The quantitative estimate of drug-likeness (QED) is 0.543. The minimum Gasteiger partial charge on any atom is -0.437 e. The van der Waals surface area contributed by atoms with Gasteiger partial charge in [-0.25, -0.2) is 0 Å². The van der Waals surface area contributed by atoms with Gasteiger partial charge < -0.3 is 21.6 Å². The zero-order chi connectivity index (χ0) is 18.7. The third-order valence-electron chi connectivity index (χ3n) is 2.77. The molecule has 0 aliphatic rings. The van der Waals surface area contributed by atoms with Gasteiger partial charge >= 0.3 is 25.7 Å². The van der Waals surface area contributed by atoms with Crippen LogP contribution in [0.1, 0.15) is 0 Å². The fourth-order valence-corrected chi connectivity index (χ4v) is 26.2. The molecular formula is C13H38O5Si5. The van der Waals surface area contributed by atoms with Crippen molar-refractivity contribution < 1.29 is 21.6 Å². The Labute approximate surface area is 148 Å². The normalized spacial score (nSPS) is 15.1. The lowest BCUT2D eigenvalue weighted by molar-refractivity contribution is 0.290. The highest BCUT2D eigenvalue weighted by molar-refractivity contribution is 6.90. The molecule has 23 heavy (non-hydrogen) atoms. The summed E-state index contributed by atoms with van der Waals surface area (Å²) in [6, 6.07) is 0.731. The maximum atomic E-state index is 9.20. The zero-order valence-corrected chi connectivity index (χ0v) is 22.0. The van der Waals surface area contributed by atoms with Crippen LogP contribution in [0.15, 0.2) is 0 Å². The first kappa shape index (κ1) is 23.9. The monoisotopic (exact) mass is 414 g/mol. The molecule has 0 saturated heterocycles. The summed E-state index contributed by atoms with van der Waals surface area (Å²) in [6.07, 6.45) is 0. The van der Waals surface area contributed by atoms with Gasteiger partial charge in [-0.2, -0.15) is 0 Å². The molecule has 0 aliphatic carbocycles. The van der Waals surface area contributed by atoms with Gasteiger partial charge in [0.15, 0.2) is 16.6 Å². The van der Waals surface area contributed by atoms with Crippen molar-refractivity contribution in [1.82, 2.24) is 0 Å². The molecule has 0 fully saturated rings. The van der Waals surface area contributed by atoms with Crippen LogP contribution in [0.4, 0.5) is 0 Å². The number of hydrogen-bond donors (Lipinski definition) is 1. The van der Waals surface area contributed by atoms with Crippen molar-refractivity contribution in [3.05, 3.63) is 0 Å². The van der Waals surface area contributed by atoms with Gasteiger partial charge in [-0.3, -0.25) is 0 Å². The summed E-state index contributed by atoms with van der Waals surface area (Å²) < 4.78 is 25.4. The Morgan fingerprint density at radius 1 is 0.565 bits per heavy atom. The van der Waals surface area contributed by atoms with Crippen molar-refractivity contribution in [2.75, 3.05) is 6.61 Å². The van der Waals surface area contributed by atoms with Crippen LogP contribution in [-0.4, -0.2) is 54.0 Å². The largest absolute Gasteiger partial charge is 0.437 e. The van der Waals surface area contributed by atoms with Crippen molar-refractivity contribution in [2.24, 2.45) is 0 Å². The summed E-state index contributed by atoms with van der Waals surface area (Å²) in [5, 5.41) is 9.20. The number of aliphatic hydroxyl groups excluding tert-OH is 1. The molecule has 140 valence electrons. The van der Waals surface area contributed by atoms with Gasteiger partial charge in [-0.05, 0) is 78.1 Å². The molecule has 0 heterocycles. The Kier molecular flexibility index (Phi) is 8.37. The van der Waals surface area contributed by atoms with Gasteiger partial charge in [0, 0.05) is 6.61 Å². The number of rotatable bonds is 10. The smallest absolute Gasteiger partial charge is 0.314 e. The highest BCUT2D eigenvalue weighted by Gasteiger charge is 2.44. The van der Waals surface area contributed by atoms with Crippen LogP contribution in [0.25, 0.3) is 0 Å². The van der Waals surface area contributed by atoms with Gasteiger partial charge in [0.25, 0.3) is 0 Å². The van der Waals surface area contributed by atoms with E-state index in [4.69, 9.17) is 16.5 Å². The molecule has 0 spiro atoms. The van der Waals surface area contributed by atoms with Crippen LogP contribution in [0.3, 0.4) is 0 Å². The fourth-order valence-electron chi connectivity index (χ4n) is 2.97. The van der Waals surface area contributed by atoms with Crippen LogP contribution in [0, 0.1) is 0 Å². The van der Waals surface area contributed by atoms with Crippen LogP contribution in [-0.2, 0) is 16.5 Å². The van der Waals surface area contributed by atoms with Gasteiger partial charge in [0.2, 0.25) is 0 Å². The van der Waals surface area contributed by atoms with Gasteiger partial charge in [-0.1, -0.05) is 0 Å². The van der Waals surface area contributed by atoms with E-state index in [2.05, 4.69) is 72.0 Å². The number of aliphatic hydroxyl groups is 1. The standard InChI is InChI=1S/C13H38O5Si5/c1-19(2,3)15-21(6,7)17-23(10,11)18-22(8,9)16-20(4,5)13-12-14/h14H,12-13H2,1-11H3. The van der Waals surface area contributed by atoms with Crippen molar-refractivity contribution in [1.29, 1.82) is 0 Å². The molecule has 0 rings (SSSR count). The lowest BCUT2D eigenvalue weighted by Crippen LogP contribution is -2.58. The maximum absolute atomic E-state index is 9.20. The van der Waals surface area contributed by atoms with E-state index in [0.29, 0.717) is 0 Å².